The van der Waals surface area contributed by atoms with Crippen LogP contribution in [-0.2, 0) is 5.60 Å². The van der Waals surface area contributed by atoms with Crippen LogP contribution in [0.4, 0.5) is 5.69 Å². The molecule has 0 spiro atoms. The summed E-state index contributed by atoms with van der Waals surface area (Å²) in [5.41, 5.74) is 0.0127. The molecule has 0 aliphatic carbocycles. The van der Waals surface area contributed by atoms with Gasteiger partial charge >= 0.3 is 0 Å². The predicted molar refractivity (Wildman–Crippen MR) is 104 cm³/mol. The van der Waals surface area contributed by atoms with Crippen LogP contribution in [0, 0.1) is 12.3 Å². The molecule has 1 unspecified atom stereocenters. The van der Waals surface area contributed by atoms with Gasteiger partial charge in [-0.15, -0.1) is 6.42 Å². The number of hydrogen-bond donors (Lipinski definition) is 2. The van der Waals surface area contributed by atoms with Gasteiger partial charge in [0.25, 0.3) is 5.91 Å². The summed E-state index contributed by atoms with van der Waals surface area (Å²) in [6.45, 7) is 0. The molecule has 0 aliphatic rings. The van der Waals surface area contributed by atoms with Crippen molar-refractivity contribution in [2.24, 2.45) is 0 Å². The monoisotopic (exact) mass is 361 g/mol. The number of carbonyl (C=O) groups excluding carboxylic acids is 1. The number of terminal acetylenes is 1. The van der Waals surface area contributed by atoms with E-state index in [-0.39, 0.29) is 5.91 Å². The minimum absolute atomic E-state index is 0.304. The minimum Gasteiger partial charge on any atom is -0.369 e. The first-order chi connectivity index (χ1) is 12.5. The Morgan fingerprint density at radius 3 is 2.23 bits per heavy atom. The van der Waals surface area contributed by atoms with Gasteiger partial charge in [-0.05, 0) is 30.3 Å². The van der Waals surface area contributed by atoms with E-state index in [1.165, 1.54) is 0 Å². The zero-order valence-corrected chi connectivity index (χ0v) is 14.6. The zero-order valence-electron chi connectivity index (χ0n) is 13.8. The lowest BCUT2D eigenvalue weighted by Gasteiger charge is -2.26. The van der Waals surface area contributed by atoms with Crippen LogP contribution >= 0.6 is 11.6 Å². The highest BCUT2D eigenvalue weighted by molar-refractivity contribution is 6.30. The molecule has 4 heteroatoms. The second-order valence-corrected chi connectivity index (χ2v) is 6.17. The van der Waals surface area contributed by atoms with E-state index in [2.05, 4.69) is 11.2 Å². The molecule has 3 nitrogen and oxygen atoms in total. The third-order valence-corrected chi connectivity index (χ3v) is 4.29. The van der Waals surface area contributed by atoms with E-state index in [4.69, 9.17) is 18.0 Å². The Morgan fingerprint density at radius 1 is 1.00 bits per heavy atom. The summed E-state index contributed by atoms with van der Waals surface area (Å²) in [6, 6.07) is 22.5. The molecule has 2 N–H and O–H groups in total. The van der Waals surface area contributed by atoms with E-state index in [0.29, 0.717) is 27.4 Å². The number of hydrogen-bond acceptors (Lipinski definition) is 2. The number of nitrogens with one attached hydrogen (secondary N) is 1. The van der Waals surface area contributed by atoms with Crippen molar-refractivity contribution < 1.29 is 9.90 Å². The molecule has 0 heterocycles. The third-order valence-electron chi connectivity index (χ3n) is 4.06. The molecular formula is C22H16ClNO2. The molecule has 0 saturated heterocycles. The molecule has 0 bridgehead atoms. The molecule has 0 radical (unpaired) electrons. The van der Waals surface area contributed by atoms with Crippen molar-refractivity contribution in [1.29, 1.82) is 0 Å². The van der Waals surface area contributed by atoms with Gasteiger partial charge in [-0.2, -0.15) is 0 Å². The molecule has 26 heavy (non-hydrogen) atoms. The van der Waals surface area contributed by atoms with Crippen LogP contribution in [0.3, 0.4) is 0 Å². The number of halogens is 1. The van der Waals surface area contributed by atoms with Gasteiger partial charge in [0.15, 0.2) is 5.60 Å². The van der Waals surface area contributed by atoms with Crippen molar-refractivity contribution in [3.8, 4) is 12.3 Å². The predicted octanol–water partition coefficient (Wildman–Crippen LogP) is 4.46. The SMILES string of the molecule is C#CC(O)(c1ccccc1)c1cc(Cl)ccc1NC(=O)c1ccccc1. The summed E-state index contributed by atoms with van der Waals surface area (Å²) < 4.78 is 0. The van der Waals surface area contributed by atoms with Crippen LogP contribution in [0.1, 0.15) is 21.5 Å². The van der Waals surface area contributed by atoms with Gasteiger partial charge in [0.2, 0.25) is 0 Å². The average Bonchev–Trinajstić information content (AvgIpc) is 2.70. The minimum atomic E-state index is -1.73. The normalized spacial score (nSPS) is 12.7. The summed E-state index contributed by atoms with van der Waals surface area (Å²) in [5, 5.41) is 14.4. The third kappa shape index (κ3) is 3.48. The van der Waals surface area contributed by atoms with Gasteiger partial charge in [-0.25, -0.2) is 0 Å². The lowest BCUT2D eigenvalue weighted by Crippen LogP contribution is -2.27. The lowest BCUT2D eigenvalue weighted by molar-refractivity contribution is 0.102. The highest BCUT2D eigenvalue weighted by atomic mass is 35.5. The van der Waals surface area contributed by atoms with Crippen LogP contribution in [0.25, 0.3) is 0 Å². The molecule has 0 aromatic heterocycles. The fourth-order valence-electron chi connectivity index (χ4n) is 2.70. The highest BCUT2D eigenvalue weighted by Gasteiger charge is 2.32. The number of carbonyl (C=O) groups is 1. The van der Waals surface area contributed by atoms with Crippen LogP contribution in [0.2, 0.25) is 5.02 Å². The Labute approximate surface area is 157 Å². The number of rotatable bonds is 4. The van der Waals surface area contributed by atoms with Crippen molar-refractivity contribution >= 4 is 23.2 Å². The maximum Gasteiger partial charge on any atom is 0.255 e. The van der Waals surface area contributed by atoms with E-state index < -0.39 is 5.60 Å². The Hall–Kier alpha value is -3.06. The van der Waals surface area contributed by atoms with Gasteiger partial charge in [0.05, 0.1) is 0 Å². The van der Waals surface area contributed by atoms with Gasteiger partial charge in [-0.1, -0.05) is 66.1 Å². The first-order valence-electron chi connectivity index (χ1n) is 7.96. The quantitative estimate of drug-likeness (QED) is 0.674. The molecule has 3 rings (SSSR count). The first-order valence-corrected chi connectivity index (χ1v) is 8.34. The Kier molecular flexibility index (Phi) is 5.09. The Morgan fingerprint density at radius 2 is 1.62 bits per heavy atom. The van der Waals surface area contributed by atoms with E-state index in [1.807, 2.05) is 12.1 Å². The average molecular weight is 362 g/mol. The van der Waals surface area contributed by atoms with Crippen molar-refractivity contribution in [2.75, 3.05) is 5.32 Å². The lowest BCUT2D eigenvalue weighted by atomic mass is 9.86. The Bertz CT molecular complexity index is 964. The highest BCUT2D eigenvalue weighted by Crippen LogP contribution is 2.36. The van der Waals surface area contributed by atoms with Gasteiger partial charge in [-0.3, -0.25) is 4.79 Å². The van der Waals surface area contributed by atoms with Crippen molar-refractivity contribution in [3.05, 3.63) is 101 Å². The number of aliphatic hydroxyl groups is 1. The first kappa shape index (κ1) is 17.8. The molecule has 3 aromatic rings. The maximum atomic E-state index is 12.5. The molecule has 3 aromatic carbocycles. The van der Waals surface area contributed by atoms with Gasteiger partial charge in [0.1, 0.15) is 0 Å². The summed E-state index contributed by atoms with van der Waals surface area (Å²) in [7, 11) is 0. The zero-order chi connectivity index (χ0) is 18.6. The number of anilines is 1. The number of benzene rings is 3. The van der Waals surface area contributed by atoms with Crippen LogP contribution in [-0.4, -0.2) is 11.0 Å². The Balaban J connectivity index is 2.06. The molecule has 128 valence electrons. The van der Waals surface area contributed by atoms with Crippen LogP contribution in [0.5, 0.6) is 0 Å². The summed E-state index contributed by atoms with van der Waals surface area (Å²) >= 11 is 6.13. The van der Waals surface area contributed by atoms with Gasteiger partial charge in [0, 0.05) is 27.4 Å². The van der Waals surface area contributed by atoms with E-state index in [1.54, 1.807) is 66.7 Å². The molecular weight excluding hydrogens is 346 g/mol. The molecule has 1 amide bonds. The van der Waals surface area contributed by atoms with E-state index in [0.717, 1.165) is 0 Å². The fourth-order valence-corrected chi connectivity index (χ4v) is 2.88. The van der Waals surface area contributed by atoms with E-state index >= 15 is 0 Å². The smallest absolute Gasteiger partial charge is 0.255 e. The maximum absolute atomic E-state index is 12.5. The molecule has 0 fully saturated rings. The second-order valence-electron chi connectivity index (χ2n) is 5.73. The fraction of sp³-hybridized carbons (Fsp3) is 0.0455. The van der Waals surface area contributed by atoms with Gasteiger partial charge < -0.3 is 10.4 Å². The standard InChI is InChI=1S/C22H16ClNO2/c1-2-22(26,17-11-7-4-8-12-17)19-15-18(23)13-14-20(19)24-21(25)16-9-5-3-6-10-16/h1,3-15,26H,(H,24,25). The summed E-state index contributed by atoms with van der Waals surface area (Å²) in [6.07, 6.45) is 5.68. The van der Waals surface area contributed by atoms with Crippen molar-refractivity contribution in [1.82, 2.24) is 0 Å². The second kappa shape index (κ2) is 7.45. The largest absolute Gasteiger partial charge is 0.369 e. The molecule has 1 atom stereocenters. The summed E-state index contributed by atoms with van der Waals surface area (Å²) in [5.74, 6) is 2.13. The number of amides is 1. The van der Waals surface area contributed by atoms with Crippen LogP contribution in [0.15, 0.2) is 78.9 Å². The summed E-state index contributed by atoms with van der Waals surface area (Å²) in [4.78, 5) is 12.5. The van der Waals surface area contributed by atoms with Crippen molar-refractivity contribution in [3.63, 3.8) is 0 Å². The van der Waals surface area contributed by atoms with Crippen LogP contribution < -0.4 is 5.32 Å². The molecule has 0 aliphatic heterocycles. The topological polar surface area (TPSA) is 49.3 Å². The molecule has 0 saturated carbocycles. The van der Waals surface area contributed by atoms with Crippen molar-refractivity contribution in [2.45, 2.75) is 5.60 Å². The van der Waals surface area contributed by atoms with E-state index in [9.17, 15) is 9.90 Å².